The van der Waals surface area contributed by atoms with Gasteiger partial charge in [0.2, 0.25) is 0 Å². The molecule has 2 aliphatic rings. The lowest BCUT2D eigenvalue weighted by molar-refractivity contribution is -0.138. The van der Waals surface area contributed by atoms with Gasteiger partial charge in [0, 0.05) is 6.54 Å². The van der Waals surface area contributed by atoms with Gasteiger partial charge in [-0.2, -0.15) is 13.2 Å². The van der Waals surface area contributed by atoms with Crippen molar-refractivity contribution >= 4 is 0 Å². The number of hydrogen-bond acceptors (Lipinski definition) is 4. The van der Waals surface area contributed by atoms with Crippen LogP contribution in [-0.2, 0) is 42.6 Å². The highest BCUT2D eigenvalue weighted by Crippen LogP contribution is 2.41. The molecule has 6 nitrogen and oxygen atoms in total. The Morgan fingerprint density at radius 1 is 0.943 bits per heavy atom. The molecule has 1 saturated heterocycles. The lowest BCUT2D eigenvalue weighted by Gasteiger charge is -2.33. The van der Waals surface area contributed by atoms with Gasteiger partial charge < -0.3 is 10.1 Å². The molecule has 3 heterocycles. The standard InChI is InChI=1S/C26H26F3N3O3/c27-26(28,29)20-9-5-4-8-19(20)16-32-21-17-35-25(11-13-30-14-12-25)22(21)23(33)31(24(32)34)15-10-18-6-2-1-3-7-18/h1-9,30H,10-17H2. The number of aromatic nitrogens is 2. The fraction of sp³-hybridized carbons (Fsp3) is 0.385. The summed E-state index contributed by atoms with van der Waals surface area (Å²) in [5, 5.41) is 3.25. The molecule has 2 aromatic carbocycles. The molecule has 35 heavy (non-hydrogen) atoms. The number of nitrogens with one attached hydrogen (secondary N) is 1. The summed E-state index contributed by atoms with van der Waals surface area (Å²) in [7, 11) is 0. The minimum atomic E-state index is -4.56. The number of aryl methyl sites for hydroxylation is 1. The van der Waals surface area contributed by atoms with Crippen molar-refractivity contribution in [2.75, 3.05) is 13.1 Å². The zero-order valence-electron chi connectivity index (χ0n) is 19.1. The maximum absolute atomic E-state index is 13.7. The Morgan fingerprint density at radius 2 is 1.63 bits per heavy atom. The second kappa shape index (κ2) is 9.13. The highest BCUT2D eigenvalue weighted by molar-refractivity contribution is 5.34. The molecule has 0 unspecified atom stereocenters. The van der Waals surface area contributed by atoms with Gasteiger partial charge in [0.05, 0.1) is 30.0 Å². The van der Waals surface area contributed by atoms with Gasteiger partial charge in [-0.15, -0.1) is 0 Å². The fourth-order valence-electron chi connectivity index (χ4n) is 5.20. The van der Waals surface area contributed by atoms with Gasteiger partial charge in [0.25, 0.3) is 5.56 Å². The smallest absolute Gasteiger partial charge is 0.364 e. The third-order valence-electron chi connectivity index (χ3n) is 7.01. The summed E-state index contributed by atoms with van der Waals surface area (Å²) in [5.74, 6) is 0. The normalized spacial score (nSPS) is 17.0. The van der Waals surface area contributed by atoms with Crippen molar-refractivity contribution in [1.82, 2.24) is 14.5 Å². The lowest BCUT2D eigenvalue weighted by atomic mass is 9.86. The first kappa shape index (κ1) is 23.6. The van der Waals surface area contributed by atoms with Gasteiger partial charge in [-0.3, -0.25) is 13.9 Å². The van der Waals surface area contributed by atoms with Crippen LogP contribution in [0.25, 0.3) is 0 Å². The molecule has 0 radical (unpaired) electrons. The molecule has 1 aromatic heterocycles. The van der Waals surface area contributed by atoms with Gasteiger partial charge >= 0.3 is 11.9 Å². The molecule has 0 atom stereocenters. The highest BCUT2D eigenvalue weighted by atomic mass is 19.4. The fourth-order valence-corrected chi connectivity index (χ4v) is 5.20. The number of fused-ring (bicyclic) bond motifs is 2. The van der Waals surface area contributed by atoms with Crippen LogP contribution in [0.5, 0.6) is 0 Å². The van der Waals surface area contributed by atoms with E-state index in [4.69, 9.17) is 4.74 Å². The number of nitrogens with zero attached hydrogens (tertiary/aromatic N) is 2. The first-order chi connectivity index (χ1) is 16.8. The zero-order chi connectivity index (χ0) is 24.6. The molecule has 9 heteroatoms. The zero-order valence-corrected chi connectivity index (χ0v) is 19.1. The van der Waals surface area contributed by atoms with Crippen LogP contribution in [-0.4, -0.2) is 22.2 Å². The summed E-state index contributed by atoms with van der Waals surface area (Å²) in [4.78, 5) is 27.3. The van der Waals surface area contributed by atoms with Gasteiger partial charge in [0.15, 0.2) is 0 Å². The van der Waals surface area contributed by atoms with Crippen LogP contribution >= 0.6 is 0 Å². The monoisotopic (exact) mass is 485 g/mol. The minimum Gasteiger partial charge on any atom is -0.364 e. The highest BCUT2D eigenvalue weighted by Gasteiger charge is 2.46. The molecule has 0 aliphatic carbocycles. The summed E-state index contributed by atoms with van der Waals surface area (Å²) >= 11 is 0. The first-order valence-corrected chi connectivity index (χ1v) is 11.7. The molecular weight excluding hydrogens is 459 g/mol. The average molecular weight is 486 g/mol. The number of rotatable bonds is 5. The van der Waals surface area contributed by atoms with E-state index in [1.165, 1.54) is 27.3 Å². The number of ether oxygens (including phenoxy) is 1. The largest absolute Gasteiger partial charge is 0.416 e. The van der Waals surface area contributed by atoms with E-state index in [0.29, 0.717) is 43.6 Å². The van der Waals surface area contributed by atoms with Crippen molar-refractivity contribution in [3.05, 3.63) is 103 Å². The van der Waals surface area contributed by atoms with Crippen molar-refractivity contribution in [3.8, 4) is 0 Å². The van der Waals surface area contributed by atoms with E-state index in [2.05, 4.69) is 5.32 Å². The Kier molecular flexibility index (Phi) is 6.14. The van der Waals surface area contributed by atoms with Crippen LogP contribution < -0.4 is 16.6 Å². The molecule has 3 aromatic rings. The van der Waals surface area contributed by atoms with Gasteiger partial charge in [-0.1, -0.05) is 48.5 Å². The molecule has 1 fully saturated rings. The van der Waals surface area contributed by atoms with Crippen LogP contribution in [0.15, 0.2) is 64.2 Å². The maximum atomic E-state index is 13.7. The molecule has 0 saturated carbocycles. The molecule has 1 spiro atoms. The minimum absolute atomic E-state index is 0.0214. The Labute approximate surface area is 200 Å². The van der Waals surface area contributed by atoms with Crippen molar-refractivity contribution in [2.45, 2.75) is 50.7 Å². The van der Waals surface area contributed by atoms with Crippen molar-refractivity contribution in [2.24, 2.45) is 0 Å². The van der Waals surface area contributed by atoms with Crippen molar-refractivity contribution in [1.29, 1.82) is 0 Å². The predicted molar refractivity (Wildman–Crippen MR) is 124 cm³/mol. The van der Waals surface area contributed by atoms with Gasteiger partial charge in [-0.25, -0.2) is 4.79 Å². The van der Waals surface area contributed by atoms with E-state index in [-0.39, 0.29) is 25.3 Å². The van der Waals surface area contributed by atoms with E-state index < -0.39 is 28.6 Å². The van der Waals surface area contributed by atoms with Gasteiger partial charge in [-0.05, 0) is 49.5 Å². The second-order valence-corrected chi connectivity index (χ2v) is 9.07. The van der Waals surface area contributed by atoms with Gasteiger partial charge in [0.1, 0.15) is 5.60 Å². The van der Waals surface area contributed by atoms with E-state index in [1.54, 1.807) is 0 Å². The van der Waals surface area contributed by atoms with E-state index >= 15 is 0 Å². The molecule has 1 N–H and O–H groups in total. The van der Waals surface area contributed by atoms with E-state index in [0.717, 1.165) is 11.6 Å². The quantitative estimate of drug-likeness (QED) is 0.602. The Hall–Kier alpha value is -3.17. The molecule has 0 bridgehead atoms. The van der Waals surface area contributed by atoms with Crippen LogP contribution in [0.2, 0.25) is 0 Å². The summed E-state index contributed by atoms with van der Waals surface area (Å²) in [6, 6.07) is 14.7. The number of halogens is 3. The number of piperidine rings is 1. The molecule has 0 amide bonds. The Balaban J connectivity index is 1.65. The summed E-state index contributed by atoms with van der Waals surface area (Å²) in [6.45, 7) is 1.16. The van der Waals surface area contributed by atoms with Crippen LogP contribution in [0.1, 0.15) is 40.8 Å². The predicted octanol–water partition coefficient (Wildman–Crippen LogP) is 3.43. The van der Waals surface area contributed by atoms with Crippen molar-refractivity contribution in [3.63, 3.8) is 0 Å². The Bertz CT molecular complexity index is 1340. The van der Waals surface area contributed by atoms with E-state index in [1.807, 2.05) is 30.3 Å². The third kappa shape index (κ3) is 4.34. The topological polar surface area (TPSA) is 65.3 Å². The van der Waals surface area contributed by atoms with Crippen LogP contribution in [0.4, 0.5) is 13.2 Å². The Morgan fingerprint density at radius 3 is 2.34 bits per heavy atom. The molecule has 5 rings (SSSR count). The van der Waals surface area contributed by atoms with Crippen LogP contribution in [0, 0.1) is 0 Å². The van der Waals surface area contributed by atoms with E-state index in [9.17, 15) is 22.8 Å². The summed E-state index contributed by atoms with van der Waals surface area (Å²) in [5.41, 5.74) is -0.906. The third-order valence-corrected chi connectivity index (χ3v) is 7.01. The number of hydrogen-bond donors (Lipinski definition) is 1. The SMILES string of the molecule is O=c1c2c(n(Cc3ccccc3C(F)(F)F)c(=O)n1CCc1ccccc1)COC21CCNCC1. The second-order valence-electron chi connectivity index (χ2n) is 9.07. The molecule has 184 valence electrons. The maximum Gasteiger partial charge on any atom is 0.416 e. The van der Waals surface area contributed by atoms with Crippen molar-refractivity contribution < 1.29 is 17.9 Å². The van der Waals surface area contributed by atoms with Crippen LogP contribution in [0.3, 0.4) is 0 Å². The summed E-state index contributed by atoms with van der Waals surface area (Å²) in [6.07, 6.45) is -2.99. The molecular formula is C26H26F3N3O3. The lowest BCUT2D eigenvalue weighted by Crippen LogP contribution is -2.48. The average Bonchev–Trinajstić information content (AvgIpc) is 3.20. The number of benzene rings is 2. The summed E-state index contributed by atoms with van der Waals surface area (Å²) < 4.78 is 49.7. The number of alkyl halides is 3. The molecule has 2 aliphatic heterocycles. The first-order valence-electron chi connectivity index (χ1n) is 11.7.